The van der Waals surface area contributed by atoms with Crippen LogP contribution < -0.4 is 15.4 Å². The van der Waals surface area contributed by atoms with Gasteiger partial charge in [0, 0.05) is 0 Å². The molecule has 2 rings (SSSR count). The molecule has 0 aliphatic heterocycles. The largest absolute Gasteiger partial charge is 0.495 e. The molecule has 0 atom stereocenters. The molecule has 0 unspecified atom stereocenters. The van der Waals surface area contributed by atoms with Crippen LogP contribution in [-0.4, -0.2) is 19.0 Å². The molecular weight excluding hydrogens is 248 g/mol. The lowest BCUT2D eigenvalue weighted by molar-refractivity contribution is 0.0940. The highest BCUT2D eigenvalue weighted by atomic mass is 16.5. The van der Waals surface area contributed by atoms with E-state index in [9.17, 15) is 9.59 Å². The molecular formula is C13H12N2O4. The Morgan fingerprint density at radius 2 is 1.95 bits per heavy atom. The average molecular weight is 260 g/mol. The highest BCUT2D eigenvalue weighted by Gasteiger charge is 2.13. The topological polar surface area (TPSA) is 80.6 Å². The second-order valence-electron chi connectivity index (χ2n) is 3.59. The summed E-state index contributed by atoms with van der Waals surface area (Å²) in [4.78, 5) is 23.2. The van der Waals surface area contributed by atoms with E-state index in [0.29, 0.717) is 11.4 Å². The minimum Gasteiger partial charge on any atom is -0.495 e. The summed E-state index contributed by atoms with van der Waals surface area (Å²) in [6, 6.07) is 9.24. The van der Waals surface area contributed by atoms with E-state index in [-0.39, 0.29) is 5.76 Å². The number of hydrogen-bond donors (Lipinski definition) is 2. The second kappa shape index (κ2) is 5.72. The number of rotatable bonds is 3. The number of carbonyl (C=O) groups is 2. The molecule has 0 saturated carbocycles. The summed E-state index contributed by atoms with van der Waals surface area (Å²) in [5, 5.41) is 4.66. The zero-order valence-electron chi connectivity index (χ0n) is 10.2. The maximum atomic E-state index is 11.6. The minimum absolute atomic E-state index is 0.0650. The molecule has 3 amide bonds. The van der Waals surface area contributed by atoms with Crippen LogP contribution in [0.5, 0.6) is 5.75 Å². The van der Waals surface area contributed by atoms with E-state index in [4.69, 9.17) is 9.15 Å². The van der Waals surface area contributed by atoms with Crippen LogP contribution in [0.15, 0.2) is 47.1 Å². The summed E-state index contributed by atoms with van der Waals surface area (Å²) in [6.07, 6.45) is 1.35. The first-order valence-corrected chi connectivity index (χ1v) is 5.49. The smallest absolute Gasteiger partial charge is 0.326 e. The molecule has 1 heterocycles. The number of furan rings is 1. The van der Waals surface area contributed by atoms with Crippen molar-refractivity contribution in [2.45, 2.75) is 0 Å². The lowest BCUT2D eigenvalue weighted by atomic mass is 10.3. The van der Waals surface area contributed by atoms with Crippen LogP contribution in [0.3, 0.4) is 0 Å². The predicted octanol–water partition coefficient (Wildman–Crippen LogP) is 2.25. The van der Waals surface area contributed by atoms with Crippen molar-refractivity contribution >= 4 is 17.6 Å². The highest BCUT2D eigenvalue weighted by Crippen LogP contribution is 2.22. The number of methoxy groups -OCH3 is 1. The van der Waals surface area contributed by atoms with Gasteiger partial charge in [-0.1, -0.05) is 12.1 Å². The van der Waals surface area contributed by atoms with Crippen LogP contribution in [0.25, 0.3) is 0 Å². The maximum absolute atomic E-state index is 11.6. The van der Waals surface area contributed by atoms with Crippen molar-refractivity contribution in [3.05, 3.63) is 48.4 Å². The van der Waals surface area contributed by atoms with Gasteiger partial charge in [0.2, 0.25) is 0 Å². The van der Waals surface area contributed by atoms with Gasteiger partial charge in [-0.25, -0.2) is 4.79 Å². The molecule has 0 aliphatic rings. The fourth-order valence-corrected chi connectivity index (χ4v) is 1.47. The van der Waals surface area contributed by atoms with Gasteiger partial charge in [-0.15, -0.1) is 0 Å². The van der Waals surface area contributed by atoms with Gasteiger partial charge in [0.1, 0.15) is 5.75 Å². The van der Waals surface area contributed by atoms with E-state index >= 15 is 0 Å². The van der Waals surface area contributed by atoms with E-state index in [2.05, 4.69) is 10.6 Å². The van der Waals surface area contributed by atoms with Gasteiger partial charge in [0.15, 0.2) is 5.76 Å². The lowest BCUT2D eigenvalue weighted by Gasteiger charge is -2.09. The summed E-state index contributed by atoms with van der Waals surface area (Å²) in [7, 11) is 1.49. The minimum atomic E-state index is -0.661. The van der Waals surface area contributed by atoms with Crippen molar-refractivity contribution in [1.82, 2.24) is 5.32 Å². The molecule has 1 aromatic carbocycles. The fraction of sp³-hybridized carbons (Fsp3) is 0.0769. The molecule has 6 heteroatoms. The Kier molecular flexibility index (Phi) is 3.82. The molecule has 19 heavy (non-hydrogen) atoms. The number of carbonyl (C=O) groups excluding carboxylic acids is 2. The van der Waals surface area contributed by atoms with E-state index in [1.807, 2.05) is 0 Å². The standard InChI is InChI=1S/C13H12N2O4/c1-18-10-6-3-2-5-9(10)14-13(17)15-12(16)11-7-4-8-19-11/h2-8H,1H3,(H2,14,15,16,17). The van der Waals surface area contributed by atoms with Crippen molar-refractivity contribution in [2.75, 3.05) is 12.4 Å². The quantitative estimate of drug-likeness (QED) is 0.886. The van der Waals surface area contributed by atoms with Crippen LogP contribution in [0.4, 0.5) is 10.5 Å². The molecule has 0 saturated heterocycles. The van der Waals surface area contributed by atoms with Crippen LogP contribution >= 0.6 is 0 Å². The molecule has 0 radical (unpaired) electrons. The zero-order valence-corrected chi connectivity index (χ0v) is 10.2. The molecule has 2 N–H and O–H groups in total. The molecule has 6 nitrogen and oxygen atoms in total. The van der Waals surface area contributed by atoms with Gasteiger partial charge in [0.25, 0.3) is 5.91 Å². The molecule has 2 aromatic rings. The molecule has 98 valence electrons. The summed E-state index contributed by atoms with van der Waals surface area (Å²) in [5.41, 5.74) is 0.467. The van der Waals surface area contributed by atoms with Crippen molar-refractivity contribution < 1.29 is 18.7 Å². The van der Waals surface area contributed by atoms with Crippen LogP contribution in [-0.2, 0) is 0 Å². The number of anilines is 1. The summed E-state index contributed by atoms with van der Waals surface area (Å²) in [5.74, 6) is -0.0457. The number of imide groups is 1. The lowest BCUT2D eigenvalue weighted by Crippen LogP contribution is -2.34. The SMILES string of the molecule is COc1ccccc1NC(=O)NC(=O)c1ccco1. The first-order chi connectivity index (χ1) is 9.20. The second-order valence-corrected chi connectivity index (χ2v) is 3.59. The van der Waals surface area contributed by atoms with Crippen molar-refractivity contribution in [3.8, 4) is 5.75 Å². The Morgan fingerprint density at radius 3 is 2.63 bits per heavy atom. The van der Waals surface area contributed by atoms with Gasteiger partial charge >= 0.3 is 6.03 Å². The van der Waals surface area contributed by atoms with Crippen LogP contribution in [0.1, 0.15) is 10.6 Å². The highest BCUT2D eigenvalue weighted by molar-refractivity contribution is 6.07. The van der Waals surface area contributed by atoms with Crippen LogP contribution in [0.2, 0.25) is 0 Å². The Balaban J connectivity index is 2.00. The van der Waals surface area contributed by atoms with E-state index in [1.54, 1.807) is 30.3 Å². The number of amides is 3. The van der Waals surface area contributed by atoms with Crippen LogP contribution in [0, 0.1) is 0 Å². The molecule has 0 bridgehead atoms. The number of benzene rings is 1. The van der Waals surface area contributed by atoms with Crippen molar-refractivity contribution in [3.63, 3.8) is 0 Å². The summed E-state index contributed by atoms with van der Waals surface area (Å²) in [6.45, 7) is 0. The maximum Gasteiger partial charge on any atom is 0.326 e. The number of nitrogens with one attached hydrogen (secondary N) is 2. The number of ether oxygens (including phenoxy) is 1. The third kappa shape index (κ3) is 3.12. The van der Waals surface area contributed by atoms with Crippen molar-refractivity contribution in [2.24, 2.45) is 0 Å². The number of urea groups is 1. The Morgan fingerprint density at radius 1 is 1.16 bits per heavy atom. The molecule has 0 spiro atoms. The number of para-hydroxylation sites is 2. The third-order valence-electron chi connectivity index (χ3n) is 2.33. The van der Waals surface area contributed by atoms with E-state index in [0.717, 1.165) is 0 Å². The average Bonchev–Trinajstić information content (AvgIpc) is 2.93. The van der Waals surface area contributed by atoms with Crippen molar-refractivity contribution in [1.29, 1.82) is 0 Å². The van der Waals surface area contributed by atoms with Gasteiger partial charge in [0.05, 0.1) is 19.1 Å². The van der Waals surface area contributed by atoms with Gasteiger partial charge in [-0.2, -0.15) is 0 Å². The Labute approximate surface area is 109 Å². The van der Waals surface area contributed by atoms with Gasteiger partial charge < -0.3 is 14.5 Å². The number of hydrogen-bond acceptors (Lipinski definition) is 4. The monoisotopic (exact) mass is 260 g/mol. The summed E-state index contributed by atoms with van der Waals surface area (Å²) < 4.78 is 9.95. The zero-order chi connectivity index (χ0) is 13.7. The van der Waals surface area contributed by atoms with E-state index < -0.39 is 11.9 Å². The fourth-order valence-electron chi connectivity index (χ4n) is 1.47. The molecule has 0 aliphatic carbocycles. The molecule has 0 fully saturated rings. The predicted molar refractivity (Wildman–Crippen MR) is 68.2 cm³/mol. The third-order valence-corrected chi connectivity index (χ3v) is 2.33. The molecule has 1 aromatic heterocycles. The van der Waals surface area contributed by atoms with E-state index in [1.165, 1.54) is 19.4 Å². The first-order valence-electron chi connectivity index (χ1n) is 5.49. The normalized spacial score (nSPS) is 9.74. The van der Waals surface area contributed by atoms with Gasteiger partial charge in [-0.05, 0) is 24.3 Å². The summed E-state index contributed by atoms with van der Waals surface area (Å²) >= 11 is 0. The van der Waals surface area contributed by atoms with Gasteiger partial charge in [-0.3, -0.25) is 10.1 Å². The Bertz CT molecular complexity index is 578. The Hall–Kier alpha value is -2.76. The first kappa shape index (κ1) is 12.7.